The van der Waals surface area contributed by atoms with E-state index in [1.807, 2.05) is 13.8 Å². The van der Waals surface area contributed by atoms with Crippen molar-refractivity contribution in [3.63, 3.8) is 0 Å². The number of rotatable bonds is 5. The highest BCUT2D eigenvalue weighted by Crippen LogP contribution is 2.12. The van der Waals surface area contributed by atoms with Gasteiger partial charge in [0.25, 0.3) is 5.91 Å². The Morgan fingerprint density at radius 3 is 2.69 bits per heavy atom. The highest BCUT2D eigenvalue weighted by Gasteiger charge is 2.20. The van der Waals surface area contributed by atoms with Crippen molar-refractivity contribution < 1.29 is 14.3 Å². The van der Waals surface area contributed by atoms with Crippen molar-refractivity contribution in [2.24, 2.45) is 5.73 Å². The van der Waals surface area contributed by atoms with Gasteiger partial charge in [-0.1, -0.05) is 0 Å². The van der Waals surface area contributed by atoms with Gasteiger partial charge in [0.1, 0.15) is 5.76 Å². The summed E-state index contributed by atoms with van der Waals surface area (Å²) < 4.78 is 5.27. The topological polar surface area (TPSA) is 79.7 Å². The van der Waals surface area contributed by atoms with E-state index in [0.29, 0.717) is 12.3 Å². The molecule has 1 aromatic heterocycles. The molecule has 0 unspecified atom stereocenters. The van der Waals surface area contributed by atoms with E-state index in [1.54, 1.807) is 17.0 Å². The molecule has 1 rings (SSSR count). The average molecular weight is 226 g/mol. The van der Waals surface area contributed by atoms with Gasteiger partial charge in [-0.05, 0) is 26.0 Å². The van der Waals surface area contributed by atoms with Gasteiger partial charge in [-0.15, -0.1) is 0 Å². The molecule has 0 saturated carbocycles. The van der Waals surface area contributed by atoms with Crippen LogP contribution >= 0.6 is 0 Å². The van der Waals surface area contributed by atoms with E-state index in [2.05, 4.69) is 0 Å². The fourth-order valence-corrected chi connectivity index (χ4v) is 1.45. The highest BCUT2D eigenvalue weighted by molar-refractivity contribution is 5.91. The van der Waals surface area contributed by atoms with Crippen molar-refractivity contribution in [2.45, 2.75) is 26.4 Å². The summed E-state index contributed by atoms with van der Waals surface area (Å²) in [6.45, 7) is 4.29. The summed E-state index contributed by atoms with van der Waals surface area (Å²) >= 11 is 0. The fourth-order valence-electron chi connectivity index (χ4n) is 1.45. The van der Waals surface area contributed by atoms with Crippen LogP contribution in [0.4, 0.5) is 0 Å². The standard InChI is InChI=1S/C11H18N2O3/c1-8(2)13(5-6-14)11(15)10-4-3-9(7-12)16-10/h3-4,8,14H,5-7,12H2,1-2H3. The van der Waals surface area contributed by atoms with Gasteiger partial charge in [0.2, 0.25) is 0 Å². The molecule has 0 aromatic carbocycles. The minimum Gasteiger partial charge on any atom is -0.455 e. The van der Waals surface area contributed by atoms with Crippen LogP contribution in [-0.2, 0) is 6.54 Å². The average Bonchev–Trinajstić information content (AvgIpc) is 2.73. The molecule has 3 N–H and O–H groups in total. The first-order valence-electron chi connectivity index (χ1n) is 5.30. The van der Waals surface area contributed by atoms with Crippen LogP contribution in [0.25, 0.3) is 0 Å². The van der Waals surface area contributed by atoms with E-state index in [4.69, 9.17) is 15.3 Å². The Morgan fingerprint density at radius 1 is 1.56 bits per heavy atom. The highest BCUT2D eigenvalue weighted by atomic mass is 16.4. The fraction of sp³-hybridized carbons (Fsp3) is 0.545. The SMILES string of the molecule is CC(C)N(CCO)C(=O)c1ccc(CN)o1. The monoisotopic (exact) mass is 226 g/mol. The summed E-state index contributed by atoms with van der Waals surface area (Å²) in [5.41, 5.74) is 5.40. The van der Waals surface area contributed by atoms with E-state index < -0.39 is 0 Å². The molecule has 0 spiro atoms. The molecule has 1 amide bonds. The van der Waals surface area contributed by atoms with Crippen LogP contribution in [-0.4, -0.2) is 35.1 Å². The summed E-state index contributed by atoms with van der Waals surface area (Å²) in [7, 11) is 0. The lowest BCUT2D eigenvalue weighted by atomic mass is 10.3. The van der Waals surface area contributed by atoms with Crippen LogP contribution < -0.4 is 5.73 Å². The number of aliphatic hydroxyl groups is 1. The molecule has 16 heavy (non-hydrogen) atoms. The summed E-state index contributed by atoms with van der Waals surface area (Å²) in [6.07, 6.45) is 0. The molecule has 0 aliphatic heterocycles. The van der Waals surface area contributed by atoms with Crippen molar-refractivity contribution in [1.82, 2.24) is 4.90 Å². The van der Waals surface area contributed by atoms with Crippen LogP contribution in [0, 0.1) is 0 Å². The lowest BCUT2D eigenvalue weighted by molar-refractivity contribution is 0.0631. The Morgan fingerprint density at radius 2 is 2.25 bits per heavy atom. The molecule has 0 radical (unpaired) electrons. The molecule has 90 valence electrons. The number of hydrogen-bond acceptors (Lipinski definition) is 4. The Labute approximate surface area is 94.8 Å². The molecule has 0 fully saturated rings. The van der Waals surface area contributed by atoms with Crippen LogP contribution in [0.1, 0.15) is 30.2 Å². The first-order chi connectivity index (χ1) is 7.60. The molecule has 0 saturated heterocycles. The second-order valence-corrected chi connectivity index (χ2v) is 3.79. The number of carbonyl (C=O) groups is 1. The maximum absolute atomic E-state index is 12.0. The molecule has 5 heteroatoms. The van der Waals surface area contributed by atoms with Gasteiger partial charge in [-0.3, -0.25) is 4.79 Å². The lowest BCUT2D eigenvalue weighted by Gasteiger charge is -2.24. The molecule has 0 aliphatic carbocycles. The Balaban J connectivity index is 2.81. The molecule has 1 aromatic rings. The zero-order valence-corrected chi connectivity index (χ0v) is 9.64. The van der Waals surface area contributed by atoms with Crippen molar-refractivity contribution in [3.05, 3.63) is 23.7 Å². The number of furan rings is 1. The largest absolute Gasteiger partial charge is 0.455 e. The Bertz CT molecular complexity index is 347. The summed E-state index contributed by atoms with van der Waals surface area (Å²) in [5, 5.41) is 8.89. The van der Waals surface area contributed by atoms with Gasteiger partial charge < -0.3 is 20.2 Å². The molecular formula is C11H18N2O3. The van der Waals surface area contributed by atoms with E-state index in [9.17, 15) is 4.79 Å². The van der Waals surface area contributed by atoms with Gasteiger partial charge in [-0.25, -0.2) is 0 Å². The smallest absolute Gasteiger partial charge is 0.289 e. The molecule has 0 aliphatic rings. The number of nitrogens with two attached hydrogens (primary N) is 1. The van der Waals surface area contributed by atoms with Gasteiger partial charge in [0.15, 0.2) is 5.76 Å². The summed E-state index contributed by atoms with van der Waals surface area (Å²) in [6, 6.07) is 3.31. The molecule has 0 atom stereocenters. The van der Waals surface area contributed by atoms with Crippen molar-refractivity contribution in [3.8, 4) is 0 Å². The van der Waals surface area contributed by atoms with Crippen LogP contribution in [0.2, 0.25) is 0 Å². The van der Waals surface area contributed by atoms with Gasteiger partial charge >= 0.3 is 0 Å². The maximum atomic E-state index is 12.0. The number of amides is 1. The minimum absolute atomic E-state index is 0.0195. The molecule has 5 nitrogen and oxygen atoms in total. The normalized spacial score (nSPS) is 10.8. The first-order valence-corrected chi connectivity index (χ1v) is 5.30. The molecular weight excluding hydrogens is 208 g/mol. The number of aliphatic hydroxyl groups excluding tert-OH is 1. The Kier molecular flexibility index (Phi) is 4.52. The molecule has 0 bridgehead atoms. The second-order valence-electron chi connectivity index (χ2n) is 3.79. The third-order valence-corrected chi connectivity index (χ3v) is 2.30. The zero-order valence-electron chi connectivity index (χ0n) is 9.64. The van der Waals surface area contributed by atoms with E-state index in [1.165, 1.54) is 0 Å². The van der Waals surface area contributed by atoms with Crippen molar-refractivity contribution >= 4 is 5.91 Å². The lowest BCUT2D eigenvalue weighted by Crippen LogP contribution is -2.38. The van der Waals surface area contributed by atoms with E-state index in [0.717, 1.165) is 0 Å². The second kappa shape index (κ2) is 5.67. The maximum Gasteiger partial charge on any atom is 0.289 e. The van der Waals surface area contributed by atoms with E-state index >= 15 is 0 Å². The Hall–Kier alpha value is -1.33. The van der Waals surface area contributed by atoms with E-state index in [-0.39, 0.29) is 30.9 Å². The number of hydrogen-bond donors (Lipinski definition) is 2. The molecule has 1 heterocycles. The minimum atomic E-state index is -0.219. The summed E-state index contributed by atoms with van der Waals surface area (Å²) in [4.78, 5) is 13.5. The van der Waals surface area contributed by atoms with Crippen molar-refractivity contribution in [2.75, 3.05) is 13.2 Å². The third kappa shape index (κ3) is 2.84. The summed E-state index contributed by atoms with van der Waals surface area (Å²) in [5.74, 6) is 0.627. The number of nitrogens with zero attached hydrogens (tertiary/aromatic N) is 1. The predicted molar refractivity (Wildman–Crippen MR) is 59.9 cm³/mol. The quantitative estimate of drug-likeness (QED) is 0.769. The third-order valence-electron chi connectivity index (χ3n) is 2.30. The zero-order chi connectivity index (χ0) is 12.1. The van der Waals surface area contributed by atoms with Gasteiger partial charge in [0.05, 0.1) is 13.2 Å². The van der Waals surface area contributed by atoms with Crippen molar-refractivity contribution in [1.29, 1.82) is 0 Å². The van der Waals surface area contributed by atoms with Gasteiger partial charge in [0, 0.05) is 12.6 Å². The number of carbonyl (C=O) groups excluding carboxylic acids is 1. The van der Waals surface area contributed by atoms with Gasteiger partial charge in [-0.2, -0.15) is 0 Å². The predicted octanol–water partition coefficient (Wildman–Crippen LogP) is 0.581. The first kappa shape index (κ1) is 12.7. The van der Waals surface area contributed by atoms with Crippen LogP contribution in [0.5, 0.6) is 0 Å². The van der Waals surface area contributed by atoms with Crippen LogP contribution in [0.3, 0.4) is 0 Å². The van der Waals surface area contributed by atoms with Crippen LogP contribution in [0.15, 0.2) is 16.5 Å².